The molecule has 0 aliphatic heterocycles. The van der Waals surface area contributed by atoms with Crippen LogP contribution in [0.2, 0.25) is 0 Å². The fourth-order valence-electron chi connectivity index (χ4n) is 0.880. The van der Waals surface area contributed by atoms with Gasteiger partial charge in [0.15, 0.2) is 0 Å². The number of aliphatic hydroxyl groups is 1. The highest BCUT2D eigenvalue weighted by Gasteiger charge is 2.16. The van der Waals surface area contributed by atoms with Crippen molar-refractivity contribution < 1.29 is 5.11 Å². The minimum atomic E-state index is -0.453. The summed E-state index contributed by atoms with van der Waals surface area (Å²) >= 11 is 1.56. The average Bonchev–Trinajstić information content (AvgIpc) is 2.35. The monoisotopic (exact) mass is 139 g/mol. The molecule has 0 amide bonds. The van der Waals surface area contributed by atoms with Crippen molar-refractivity contribution in [2.45, 2.75) is 6.10 Å². The van der Waals surface area contributed by atoms with Crippen molar-refractivity contribution in [2.75, 3.05) is 0 Å². The van der Waals surface area contributed by atoms with Gasteiger partial charge in [0.05, 0.1) is 16.1 Å². The summed E-state index contributed by atoms with van der Waals surface area (Å²) in [4.78, 5) is 5.07. The standard InChI is InChI=1S/C6H5NOS/c8-4-1-2-5-6(4)7-3-9-5/h1-4,8H. The van der Waals surface area contributed by atoms with Gasteiger partial charge in [-0.2, -0.15) is 0 Å². The fraction of sp³-hybridized carbons (Fsp3) is 0.167. The van der Waals surface area contributed by atoms with Crippen LogP contribution in [0.4, 0.5) is 0 Å². The summed E-state index contributed by atoms with van der Waals surface area (Å²) in [6.07, 6.45) is 3.19. The van der Waals surface area contributed by atoms with E-state index in [1.165, 1.54) is 0 Å². The van der Waals surface area contributed by atoms with Crippen LogP contribution in [-0.4, -0.2) is 10.1 Å². The molecule has 9 heavy (non-hydrogen) atoms. The smallest absolute Gasteiger partial charge is 0.116 e. The lowest BCUT2D eigenvalue weighted by Gasteiger charge is -1.92. The van der Waals surface area contributed by atoms with Crippen molar-refractivity contribution in [1.29, 1.82) is 0 Å². The molecule has 1 aliphatic rings. The maximum absolute atomic E-state index is 9.13. The molecule has 0 aromatic carbocycles. The minimum Gasteiger partial charge on any atom is -0.383 e. The van der Waals surface area contributed by atoms with Gasteiger partial charge in [-0.3, -0.25) is 0 Å². The molecule has 1 heterocycles. The van der Waals surface area contributed by atoms with Gasteiger partial charge in [0.25, 0.3) is 0 Å². The Morgan fingerprint density at radius 2 is 2.56 bits per heavy atom. The molecule has 46 valence electrons. The van der Waals surface area contributed by atoms with Crippen molar-refractivity contribution in [1.82, 2.24) is 4.98 Å². The molecule has 0 spiro atoms. The number of aliphatic hydroxyl groups excluding tert-OH is 1. The number of aromatic nitrogens is 1. The Balaban J connectivity index is 2.60. The van der Waals surface area contributed by atoms with E-state index in [0.717, 1.165) is 10.6 Å². The lowest BCUT2D eigenvalue weighted by Crippen LogP contribution is -1.88. The summed E-state index contributed by atoms with van der Waals surface area (Å²) in [5.41, 5.74) is 2.55. The van der Waals surface area contributed by atoms with Gasteiger partial charge in [-0.05, 0) is 12.2 Å². The zero-order valence-corrected chi connectivity index (χ0v) is 5.43. The third-order valence-corrected chi connectivity index (χ3v) is 2.14. The molecule has 1 unspecified atom stereocenters. The molecule has 1 N–H and O–H groups in total. The zero-order chi connectivity index (χ0) is 6.27. The van der Waals surface area contributed by atoms with Gasteiger partial charge in [-0.1, -0.05) is 0 Å². The number of nitrogens with zero attached hydrogens (tertiary/aromatic N) is 1. The molecule has 2 rings (SSSR count). The van der Waals surface area contributed by atoms with Crippen molar-refractivity contribution in [3.05, 3.63) is 22.2 Å². The van der Waals surface area contributed by atoms with Crippen LogP contribution >= 0.6 is 11.3 Å². The van der Waals surface area contributed by atoms with Gasteiger partial charge in [0.2, 0.25) is 0 Å². The van der Waals surface area contributed by atoms with Gasteiger partial charge in [-0.15, -0.1) is 11.3 Å². The molecule has 1 aromatic heterocycles. The number of rotatable bonds is 0. The Morgan fingerprint density at radius 3 is 3.33 bits per heavy atom. The number of thiazole rings is 1. The molecule has 0 radical (unpaired) electrons. The molecule has 1 atom stereocenters. The lowest BCUT2D eigenvalue weighted by molar-refractivity contribution is 0.228. The lowest BCUT2D eigenvalue weighted by atomic mass is 10.3. The zero-order valence-electron chi connectivity index (χ0n) is 4.61. The van der Waals surface area contributed by atoms with Gasteiger partial charge in [-0.25, -0.2) is 4.98 Å². The first-order valence-corrected chi connectivity index (χ1v) is 3.55. The second-order valence-electron chi connectivity index (χ2n) is 1.91. The van der Waals surface area contributed by atoms with Gasteiger partial charge in [0, 0.05) is 0 Å². The van der Waals surface area contributed by atoms with E-state index in [1.807, 2.05) is 6.08 Å². The van der Waals surface area contributed by atoms with Crippen LogP contribution in [0.3, 0.4) is 0 Å². The SMILES string of the molecule is OC1C=Cc2scnc21. The Morgan fingerprint density at radius 1 is 1.67 bits per heavy atom. The van der Waals surface area contributed by atoms with Crippen molar-refractivity contribution in [3.63, 3.8) is 0 Å². The second-order valence-corrected chi connectivity index (χ2v) is 2.79. The van der Waals surface area contributed by atoms with Gasteiger partial charge < -0.3 is 5.11 Å². The van der Waals surface area contributed by atoms with E-state index in [9.17, 15) is 0 Å². The average molecular weight is 139 g/mol. The Hall–Kier alpha value is -0.670. The normalized spacial score (nSPS) is 22.6. The quantitative estimate of drug-likeness (QED) is 0.586. The fourth-order valence-corrected chi connectivity index (χ4v) is 1.61. The molecule has 1 aromatic rings. The molecular formula is C6H5NOS. The van der Waals surface area contributed by atoms with Gasteiger partial charge >= 0.3 is 0 Å². The van der Waals surface area contributed by atoms with Crippen LogP contribution in [-0.2, 0) is 0 Å². The highest BCUT2D eigenvalue weighted by Crippen LogP contribution is 2.28. The van der Waals surface area contributed by atoms with Crippen LogP contribution in [0.5, 0.6) is 0 Å². The molecule has 0 saturated heterocycles. The van der Waals surface area contributed by atoms with Crippen LogP contribution in [0.1, 0.15) is 16.7 Å². The number of hydrogen-bond acceptors (Lipinski definition) is 3. The van der Waals surface area contributed by atoms with Gasteiger partial charge in [0.1, 0.15) is 6.10 Å². The summed E-state index contributed by atoms with van der Waals surface area (Å²) in [7, 11) is 0. The Bertz CT molecular complexity index is 253. The Labute approximate surface area is 56.5 Å². The van der Waals surface area contributed by atoms with E-state index < -0.39 is 6.10 Å². The largest absolute Gasteiger partial charge is 0.383 e. The molecule has 0 fully saturated rings. The molecule has 1 aliphatic carbocycles. The maximum Gasteiger partial charge on any atom is 0.116 e. The summed E-state index contributed by atoms with van der Waals surface area (Å²) in [6, 6.07) is 0. The van der Waals surface area contributed by atoms with Crippen molar-refractivity contribution in [3.8, 4) is 0 Å². The van der Waals surface area contributed by atoms with E-state index in [-0.39, 0.29) is 0 Å². The van der Waals surface area contributed by atoms with Crippen LogP contribution < -0.4 is 0 Å². The summed E-state index contributed by atoms with van der Waals surface area (Å²) in [6.45, 7) is 0. The molecule has 2 nitrogen and oxygen atoms in total. The van der Waals surface area contributed by atoms with Crippen molar-refractivity contribution >= 4 is 17.4 Å². The van der Waals surface area contributed by atoms with E-state index in [2.05, 4.69) is 4.98 Å². The van der Waals surface area contributed by atoms with Crippen LogP contribution in [0, 0.1) is 0 Å². The number of fused-ring (bicyclic) bond motifs is 1. The number of hydrogen-bond donors (Lipinski definition) is 1. The maximum atomic E-state index is 9.13. The second kappa shape index (κ2) is 1.65. The third kappa shape index (κ3) is 0.620. The third-order valence-electron chi connectivity index (χ3n) is 1.33. The highest BCUT2D eigenvalue weighted by molar-refractivity contribution is 7.10. The van der Waals surface area contributed by atoms with Crippen LogP contribution in [0.25, 0.3) is 6.08 Å². The first-order chi connectivity index (χ1) is 4.38. The van der Waals surface area contributed by atoms with E-state index in [0.29, 0.717) is 0 Å². The Kier molecular flexibility index (Phi) is 0.944. The molecule has 0 bridgehead atoms. The highest BCUT2D eigenvalue weighted by atomic mass is 32.1. The van der Waals surface area contributed by atoms with Crippen LogP contribution in [0.15, 0.2) is 11.6 Å². The minimum absolute atomic E-state index is 0.453. The predicted octanol–water partition coefficient (Wildman–Crippen LogP) is 1.20. The van der Waals surface area contributed by atoms with E-state index in [4.69, 9.17) is 5.11 Å². The molecule has 3 heteroatoms. The summed E-state index contributed by atoms with van der Waals surface area (Å²) in [5.74, 6) is 0. The summed E-state index contributed by atoms with van der Waals surface area (Å²) < 4.78 is 0. The van der Waals surface area contributed by atoms with Crippen molar-refractivity contribution in [2.24, 2.45) is 0 Å². The van der Waals surface area contributed by atoms with E-state index in [1.54, 1.807) is 22.9 Å². The van der Waals surface area contributed by atoms with E-state index >= 15 is 0 Å². The predicted molar refractivity (Wildman–Crippen MR) is 36.1 cm³/mol. The summed E-state index contributed by atoms with van der Waals surface area (Å²) in [5, 5.41) is 9.13. The first-order valence-electron chi connectivity index (χ1n) is 2.67. The molecular weight excluding hydrogens is 134 g/mol. The topological polar surface area (TPSA) is 33.1 Å². The first kappa shape index (κ1) is 5.14. The molecule has 0 saturated carbocycles.